The number of aromatic nitrogens is 2. The van der Waals surface area contributed by atoms with Gasteiger partial charge in [0.1, 0.15) is 6.33 Å². The highest BCUT2D eigenvalue weighted by Gasteiger charge is 2.28. The molecule has 186 valence electrons. The number of hydrogen-bond acceptors (Lipinski definition) is 9. The molecule has 0 aliphatic rings. The van der Waals surface area contributed by atoms with Gasteiger partial charge in [0.15, 0.2) is 0 Å². The summed E-state index contributed by atoms with van der Waals surface area (Å²) < 4.78 is 0. The lowest BCUT2D eigenvalue weighted by molar-refractivity contribution is -0.384. The quantitative estimate of drug-likeness (QED) is 0.240. The summed E-state index contributed by atoms with van der Waals surface area (Å²) in [5.74, 6) is -0.914. The summed E-state index contributed by atoms with van der Waals surface area (Å²) in [6.45, 7) is 0.653. The summed E-state index contributed by atoms with van der Waals surface area (Å²) in [5, 5.41) is 23.2. The number of nitro benzene ring substituents is 1. The second kappa shape index (κ2) is 11.4. The first kappa shape index (κ1) is 24.7. The van der Waals surface area contributed by atoms with E-state index in [0.717, 1.165) is 23.5 Å². The molecule has 0 spiro atoms. The van der Waals surface area contributed by atoms with E-state index in [2.05, 4.69) is 20.8 Å². The van der Waals surface area contributed by atoms with Crippen LogP contribution in [0.2, 0.25) is 0 Å². The summed E-state index contributed by atoms with van der Waals surface area (Å²) in [6.07, 6.45) is 1.16. The smallest absolute Gasteiger partial charge is 0.342 e. The average molecular weight is 499 g/mol. The minimum absolute atomic E-state index is 0.00610. The number of hydrazine groups is 1. The Labute approximate surface area is 210 Å². The molecule has 0 atom stereocenters. The Kier molecular flexibility index (Phi) is 7.59. The molecule has 0 unspecified atom stereocenters. The number of hydrogen-bond donors (Lipinski definition) is 2. The largest absolute Gasteiger partial charge is 0.355 e. The number of nitro groups is 2. The highest BCUT2D eigenvalue weighted by Crippen LogP contribution is 2.33. The Balaban J connectivity index is 1.64. The number of nitrogens with zero attached hydrogens (tertiary/aromatic N) is 5. The first-order valence-corrected chi connectivity index (χ1v) is 11.1. The number of carbonyl (C=O) groups is 1. The topological polar surface area (TPSA) is 156 Å². The zero-order valence-electron chi connectivity index (χ0n) is 19.4. The highest BCUT2D eigenvalue weighted by molar-refractivity contribution is 5.95. The monoisotopic (exact) mass is 499 g/mol. The van der Waals surface area contributed by atoms with E-state index >= 15 is 0 Å². The third kappa shape index (κ3) is 6.19. The van der Waals surface area contributed by atoms with Crippen LogP contribution in [0.1, 0.15) is 21.5 Å². The average Bonchev–Trinajstić information content (AvgIpc) is 2.92. The number of nitrogens with one attached hydrogen (secondary N) is 2. The Morgan fingerprint density at radius 1 is 0.811 bits per heavy atom. The highest BCUT2D eigenvalue weighted by atomic mass is 16.6. The SMILES string of the molecule is O=C(NNc1ncnc(N(Cc2ccccc2)Cc2ccccc2)c1[N+](=O)[O-])c1cccc([N+](=O)[O-])c1. The molecule has 0 bridgehead atoms. The van der Waals surface area contributed by atoms with Crippen molar-refractivity contribution >= 4 is 28.9 Å². The van der Waals surface area contributed by atoms with Crippen LogP contribution in [0, 0.1) is 20.2 Å². The van der Waals surface area contributed by atoms with Crippen molar-refractivity contribution in [1.82, 2.24) is 15.4 Å². The number of amides is 1. The fourth-order valence-electron chi connectivity index (χ4n) is 3.62. The molecule has 37 heavy (non-hydrogen) atoms. The van der Waals surface area contributed by atoms with E-state index < -0.39 is 21.4 Å². The van der Waals surface area contributed by atoms with Crippen molar-refractivity contribution in [2.45, 2.75) is 13.1 Å². The molecule has 0 aliphatic carbocycles. The van der Waals surface area contributed by atoms with Crippen LogP contribution in [0.15, 0.2) is 91.3 Å². The van der Waals surface area contributed by atoms with Crippen LogP contribution in [0.3, 0.4) is 0 Å². The maximum Gasteiger partial charge on any atom is 0.355 e. The Hall–Kier alpha value is -5.39. The normalized spacial score (nSPS) is 10.4. The third-order valence-corrected chi connectivity index (χ3v) is 5.33. The van der Waals surface area contributed by atoms with Gasteiger partial charge in [-0.1, -0.05) is 66.7 Å². The van der Waals surface area contributed by atoms with Gasteiger partial charge in [-0.2, -0.15) is 0 Å². The van der Waals surface area contributed by atoms with Gasteiger partial charge in [-0.25, -0.2) is 9.97 Å². The van der Waals surface area contributed by atoms with Crippen molar-refractivity contribution in [2.75, 3.05) is 10.3 Å². The summed E-state index contributed by atoms with van der Waals surface area (Å²) in [7, 11) is 0. The molecule has 12 nitrogen and oxygen atoms in total. The fourth-order valence-corrected chi connectivity index (χ4v) is 3.62. The molecule has 3 aromatic carbocycles. The molecule has 2 N–H and O–H groups in total. The molecular formula is C25H21N7O5. The van der Waals surface area contributed by atoms with E-state index in [4.69, 9.17) is 0 Å². The van der Waals surface area contributed by atoms with Crippen LogP contribution in [-0.4, -0.2) is 25.7 Å². The molecule has 1 heterocycles. The molecule has 1 aromatic heterocycles. The van der Waals surface area contributed by atoms with Gasteiger partial charge in [0.05, 0.1) is 9.85 Å². The number of benzene rings is 3. The molecule has 0 saturated heterocycles. The minimum Gasteiger partial charge on any atom is -0.342 e. The van der Waals surface area contributed by atoms with Gasteiger partial charge in [0, 0.05) is 30.8 Å². The first-order valence-electron chi connectivity index (χ1n) is 11.1. The van der Waals surface area contributed by atoms with Crippen LogP contribution in [0.25, 0.3) is 0 Å². The molecule has 0 aliphatic heterocycles. The lowest BCUT2D eigenvalue weighted by atomic mass is 10.1. The van der Waals surface area contributed by atoms with Crippen molar-refractivity contribution in [3.8, 4) is 0 Å². The summed E-state index contributed by atoms with van der Waals surface area (Å²) >= 11 is 0. The number of rotatable bonds is 10. The standard InChI is InChI=1S/C25H21N7O5/c33-25(20-12-7-13-21(14-20)31(34)35)29-28-23-22(32(36)37)24(27-17-26-23)30(15-18-8-3-1-4-9-18)16-19-10-5-2-6-11-19/h1-14,17H,15-16H2,(H,29,33)(H,26,27,28). The van der Waals surface area contributed by atoms with E-state index in [1.165, 1.54) is 18.2 Å². The Bertz CT molecular complexity index is 1380. The molecule has 4 rings (SSSR count). The molecule has 1 amide bonds. The lowest BCUT2D eigenvalue weighted by Gasteiger charge is -2.24. The second-order valence-electron chi connectivity index (χ2n) is 7.87. The number of carbonyl (C=O) groups excluding carboxylic acids is 1. The van der Waals surface area contributed by atoms with Gasteiger partial charge in [-0.3, -0.25) is 35.9 Å². The van der Waals surface area contributed by atoms with E-state index in [0.29, 0.717) is 13.1 Å². The van der Waals surface area contributed by atoms with Crippen LogP contribution in [0.4, 0.5) is 23.0 Å². The third-order valence-electron chi connectivity index (χ3n) is 5.33. The molecule has 0 fully saturated rings. The van der Waals surface area contributed by atoms with E-state index in [9.17, 15) is 25.0 Å². The first-order chi connectivity index (χ1) is 17.9. The maximum absolute atomic E-state index is 12.6. The van der Waals surface area contributed by atoms with Crippen molar-refractivity contribution in [3.63, 3.8) is 0 Å². The minimum atomic E-state index is -0.733. The second-order valence-corrected chi connectivity index (χ2v) is 7.87. The Morgan fingerprint density at radius 2 is 1.43 bits per heavy atom. The molecular weight excluding hydrogens is 478 g/mol. The van der Waals surface area contributed by atoms with Gasteiger partial charge in [0.2, 0.25) is 11.6 Å². The predicted molar refractivity (Wildman–Crippen MR) is 136 cm³/mol. The van der Waals surface area contributed by atoms with Crippen LogP contribution in [0.5, 0.6) is 0 Å². The summed E-state index contributed by atoms with van der Waals surface area (Å²) in [6, 6.07) is 24.0. The predicted octanol–water partition coefficient (Wildman–Crippen LogP) is 4.26. The molecule has 0 radical (unpaired) electrons. The van der Waals surface area contributed by atoms with Crippen molar-refractivity contribution in [1.29, 1.82) is 0 Å². The van der Waals surface area contributed by atoms with Gasteiger partial charge in [-0.05, 0) is 17.2 Å². The van der Waals surface area contributed by atoms with Crippen LogP contribution < -0.4 is 15.8 Å². The molecule has 0 saturated carbocycles. The summed E-state index contributed by atoms with van der Waals surface area (Å²) in [5.41, 5.74) is 5.92. The van der Waals surface area contributed by atoms with Crippen LogP contribution >= 0.6 is 0 Å². The fraction of sp³-hybridized carbons (Fsp3) is 0.0800. The van der Waals surface area contributed by atoms with Gasteiger partial charge in [0.25, 0.3) is 11.6 Å². The zero-order chi connectivity index (χ0) is 26.2. The van der Waals surface area contributed by atoms with E-state index in [-0.39, 0.29) is 22.9 Å². The van der Waals surface area contributed by atoms with E-state index in [1.807, 2.05) is 60.7 Å². The van der Waals surface area contributed by atoms with Gasteiger partial charge >= 0.3 is 5.69 Å². The van der Waals surface area contributed by atoms with Crippen molar-refractivity contribution < 1.29 is 14.6 Å². The Morgan fingerprint density at radius 3 is 2.00 bits per heavy atom. The maximum atomic E-state index is 12.6. The van der Waals surface area contributed by atoms with E-state index in [1.54, 1.807) is 4.90 Å². The van der Waals surface area contributed by atoms with Crippen molar-refractivity contribution in [3.05, 3.63) is 128 Å². The number of anilines is 2. The van der Waals surface area contributed by atoms with Crippen molar-refractivity contribution in [2.24, 2.45) is 0 Å². The van der Waals surface area contributed by atoms with Crippen LogP contribution in [-0.2, 0) is 13.1 Å². The lowest BCUT2D eigenvalue weighted by Crippen LogP contribution is -2.31. The summed E-state index contributed by atoms with van der Waals surface area (Å²) in [4.78, 5) is 44.4. The number of non-ortho nitro benzene ring substituents is 1. The zero-order valence-corrected chi connectivity index (χ0v) is 19.4. The molecule has 4 aromatic rings. The van der Waals surface area contributed by atoms with Gasteiger partial charge < -0.3 is 4.90 Å². The molecule has 12 heteroatoms. The van der Waals surface area contributed by atoms with Gasteiger partial charge in [-0.15, -0.1) is 0 Å².